The summed E-state index contributed by atoms with van der Waals surface area (Å²) in [5.74, 6) is 2.30. The summed E-state index contributed by atoms with van der Waals surface area (Å²) in [6.07, 6.45) is 1.76. The quantitative estimate of drug-likeness (QED) is 0.374. The van der Waals surface area contributed by atoms with Gasteiger partial charge in [-0.3, -0.25) is 4.98 Å². The lowest BCUT2D eigenvalue weighted by atomic mass is 10.2. The molecule has 0 aliphatic heterocycles. The Bertz CT molecular complexity index is 1070. The Kier molecular flexibility index (Phi) is 6.56. The van der Waals surface area contributed by atoms with Crippen LogP contribution in [0, 0.1) is 0 Å². The molecule has 0 radical (unpaired) electrons. The second kappa shape index (κ2) is 9.89. The Morgan fingerprint density at radius 2 is 1.77 bits per heavy atom. The summed E-state index contributed by atoms with van der Waals surface area (Å²) >= 11 is 1.56. The average molecular weight is 420 g/mol. The Hall–Kier alpha value is -3.39. The van der Waals surface area contributed by atoms with Gasteiger partial charge in [0, 0.05) is 11.9 Å². The van der Waals surface area contributed by atoms with Crippen molar-refractivity contribution < 1.29 is 9.47 Å². The van der Waals surface area contributed by atoms with Gasteiger partial charge < -0.3 is 9.47 Å². The maximum atomic E-state index is 5.79. The molecule has 2 heterocycles. The Morgan fingerprint density at radius 1 is 0.933 bits per heavy atom. The van der Waals surface area contributed by atoms with Crippen LogP contribution >= 0.6 is 11.8 Å². The van der Waals surface area contributed by atoms with Crippen LogP contribution in [0.15, 0.2) is 78.1 Å². The fraction of sp³-hybridized carbons (Fsp3) is 0.182. The number of pyridine rings is 1. The van der Waals surface area contributed by atoms with E-state index in [1.807, 2.05) is 73.7 Å². The van der Waals surface area contributed by atoms with Gasteiger partial charge in [0.05, 0.1) is 12.3 Å². The summed E-state index contributed by atoms with van der Waals surface area (Å²) in [5.41, 5.74) is 2.87. The number of nitrogens with zero attached hydrogens (tertiary/aromatic N) is 5. The van der Waals surface area contributed by atoms with Crippen molar-refractivity contribution in [2.75, 3.05) is 6.61 Å². The first-order valence-electron chi connectivity index (χ1n) is 9.58. The molecule has 0 fully saturated rings. The molecular formula is C22H21N5O2S. The summed E-state index contributed by atoms with van der Waals surface area (Å²) in [6.45, 7) is 2.98. The van der Waals surface area contributed by atoms with E-state index in [4.69, 9.17) is 9.47 Å². The van der Waals surface area contributed by atoms with Crippen LogP contribution in [-0.2, 0) is 12.4 Å². The number of para-hydroxylation sites is 2. The number of thioether (sulfide) groups is 1. The van der Waals surface area contributed by atoms with Gasteiger partial charge in [-0.05, 0) is 59.3 Å². The topological polar surface area (TPSA) is 75.0 Å². The highest BCUT2D eigenvalue weighted by Crippen LogP contribution is 2.28. The van der Waals surface area contributed by atoms with Crippen LogP contribution in [0.1, 0.15) is 18.2 Å². The Morgan fingerprint density at radius 3 is 2.57 bits per heavy atom. The molecule has 0 bridgehead atoms. The molecular weight excluding hydrogens is 398 g/mol. The van der Waals surface area contributed by atoms with E-state index in [0.717, 1.165) is 34.2 Å². The van der Waals surface area contributed by atoms with Gasteiger partial charge in [-0.15, -0.1) is 5.10 Å². The van der Waals surface area contributed by atoms with E-state index in [1.165, 1.54) is 0 Å². The van der Waals surface area contributed by atoms with E-state index in [1.54, 1.807) is 22.6 Å². The minimum absolute atomic E-state index is 0.447. The summed E-state index contributed by atoms with van der Waals surface area (Å²) in [5, 5.41) is 12.9. The zero-order valence-corrected chi connectivity index (χ0v) is 17.3. The number of aromatic nitrogens is 5. The molecule has 0 atom stereocenters. The van der Waals surface area contributed by atoms with Crippen LogP contribution in [-0.4, -0.2) is 31.8 Å². The van der Waals surface area contributed by atoms with Gasteiger partial charge in [-0.1, -0.05) is 42.1 Å². The third kappa shape index (κ3) is 4.96. The molecule has 0 aliphatic rings. The number of ether oxygens (including phenoxy) is 2. The van der Waals surface area contributed by atoms with Crippen molar-refractivity contribution in [2.24, 2.45) is 0 Å². The van der Waals surface area contributed by atoms with Gasteiger partial charge in [0.25, 0.3) is 0 Å². The average Bonchev–Trinajstić information content (AvgIpc) is 3.27. The van der Waals surface area contributed by atoms with Crippen molar-refractivity contribution in [2.45, 2.75) is 24.4 Å². The van der Waals surface area contributed by atoms with Crippen LogP contribution in [0.5, 0.6) is 11.5 Å². The summed E-state index contributed by atoms with van der Waals surface area (Å²) in [6, 6.07) is 21.5. The number of hydrogen-bond acceptors (Lipinski definition) is 7. The van der Waals surface area contributed by atoms with E-state index in [0.29, 0.717) is 18.4 Å². The molecule has 0 aliphatic carbocycles. The van der Waals surface area contributed by atoms with Gasteiger partial charge in [0.2, 0.25) is 5.16 Å². The molecule has 0 saturated heterocycles. The first-order valence-corrected chi connectivity index (χ1v) is 10.6. The van der Waals surface area contributed by atoms with Crippen LogP contribution in [0.2, 0.25) is 0 Å². The third-order valence-corrected chi connectivity index (χ3v) is 5.23. The highest BCUT2D eigenvalue weighted by Gasteiger charge is 2.13. The highest BCUT2D eigenvalue weighted by molar-refractivity contribution is 7.98. The molecule has 0 amide bonds. The smallest absolute Gasteiger partial charge is 0.214 e. The number of rotatable bonds is 9. The maximum Gasteiger partial charge on any atom is 0.214 e. The van der Waals surface area contributed by atoms with Crippen molar-refractivity contribution in [3.8, 4) is 17.2 Å². The molecule has 4 rings (SSSR count). The van der Waals surface area contributed by atoms with E-state index >= 15 is 0 Å². The highest BCUT2D eigenvalue weighted by atomic mass is 32.2. The summed E-state index contributed by atoms with van der Waals surface area (Å²) < 4.78 is 13.2. The molecule has 2 aromatic heterocycles. The zero-order chi connectivity index (χ0) is 20.6. The minimum Gasteiger partial charge on any atom is -0.492 e. The van der Waals surface area contributed by atoms with Crippen molar-refractivity contribution in [1.82, 2.24) is 25.2 Å². The molecule has 0 unspecified atom stereocenters. The molecule has 4 aromatic rings. The van der Waals surface area contributed by atoms with E-state index in [2.05, 4.69) is 20.5 Å². The van der Waals surface area contributed by atoms with Crippen molar-refractivity contribution in [3.63, 3.8) is 0 Å². The van der Waals surface area contributed by atoms with E-state index in [9.17, 15) is 0 Å². The molecule has 0 saturated carbocycles. The number of tetrazole rings is 1. The van der Waals surface area contributed by atoms with Crippen molar-refractivity contribution >= 4 is 11.8 Å². The normalized spacial score (nSPS) is 10.7. The van der Waals surface area contributed by atoms with Crippen molar-refractivity contribution in [1.29, 1.82) is 0 Å². The molecule has 30 heavy (non-hydrogen) atoms. The molecule has 2 aromatic carbocycles. The first kappa shape index (κ1) is 19.9. The lowest BCUT2D eigenvalue weighted by Crippen LogP contribution is -2.03. The fourth-order valence-electron chi connectivity index (χ4n) is 2.80. The maximum absolute atomic E-state index is 5.79. The zero-order valence-electron chi connectivity index (χ0n) is 16.5. The molecule has 0 spiro atoms. The second-order valence-electron chi connectivity index (χ2n) is 6.32. The number of hydrogen-bond donors (Lipinski definition) is 0. The predicted octanol–water partition coefficient (Wildman–Crippen LogP) is 4.33. The lowest BCUT2D eigenvalue weighted by Gasteiger charge is -2.10. The first-order chi connectivity index (χ1) is 14.8. The fourth-order valence-corrected chi connectivity index (χ4v) is 3.64. The van der Waals surface area contributed by atoms with E-state index in [-0.39, 0.29) is 0 Å². The molecule has 7 nitrogen and oxygen atoms in total. The standard InChI is InChI=1S/C22H21N5O2S/c1-2-28-21-9-4-3-8-20(21)27-22(24-25-26-27)30-16-17-10-12-19(13-11-17)29-15-18-7-5-6-14-23-18/h3-14H,2,15-16H2,1H3. The molecule has 0 N–H and O–H groups in total. The van der Waals surface area contributed by atoms with Gasteiger partial charge in [-0.2, -0.15) is 4.68 Å². The van der Waals surface area contributed by atoms with E-state index < -0.39 is 0 Å². The Balaban J connectivity index is 1.38. The second-order valence-corrected chi connectivity index (χ2v) is 7.26. The minimum atomic E-state index is 0.447. The predicted molar refractivity (Wildman–Crippen MR) is 115 cm³/mol. The van der Waals surface area contributed by atoms with Crippen LogP contribution < -0.4 is 9.47 Å². The third-order valence-electron chi connectivity index (χ3n) is 4.24. The van der Waals surface area contributed by atoms with Gasteiger partial charge in [0.1, 0.15) is 23.8 Å². The van der Waals surface area contributed by atoms with Gasteiger partial charge in [0.15, 0.2) is 0 Å². The van der Waals surface area contributed by atoms with Crippen LogP contribution in [0.25, 0.3) is 5.69 Å². The Labute approximate surface area is 179 Å². The van der Waals surface area contributed by atoms with Crippen LogP contribution in [0.4, 0.5) is 0 Å². The number of benzene rings is 2. The summed E-state index contributed by atoms with van der Waals surface area (Å²) in [7, 11) is 0. The lowest BCUT2D eigenvalue weighted by molar-refractivity contribution is 0.301. The monoisotopic (exact) mass is 419 g/mol. The largest absolute Gasteiger partial charge is 0.492 e. The van der Waals surface area contributed by atoms with Crippen molar-refractivity contribution in [3.05, 3.63) is 84.2 Å². The van der Waals surface area contributed by atoms with Gasteiger partial charge >= 0.3 is 0 Å². The van der Waals surface area contributed by atoms with Crippen LogP contribution in [0.3, 0.4) is 0 Å². The SMILES string of the molecule is CCOc1ccccc1-n1nnnc1SCc1ccc(OCc2ccccn2)cc1. The molecule has 152 valence electrons. The van der Waals surface area contributed by atoms with Gasteiger partial charge in [-0.25, -0.2) is 0 Å². The molecule has 8 heteroatoms. The summed E-state index contributed by atoms with van der Waals surface area (Å²) in [4.78, 5) is 4.26.